The van der Waals surface area contributed by atoms with Crippen LogP contribution in [0.5, 0.6) is 11.5 Å². The van der Waals surface area contributed by atoms with Gasteiger partial charge in [-0.2, -0.15) is 0 Å². The molecule has 1 heterocycles. The number of carbonyl (C=O) groups excluding carboxylic acids is 1. The number of aromatic amines is 1. The zero-order valence-corrected chi connectivity index (χ0v) is 20.8. The molecule has 0 bridgehead atoms. The van der Waals surface area contributed by atoms with Gasteiger partial charge in [-0.25, -0.2) is 4.79 Å². The lowest BCUT2D eigenvalue weighted by Crippen LogP contribution is -2.34. The summed E-state index contributed by atoms with van der Waals surface area (Å²) in [4.78, 5) is 14.8. The highest BCUT2D eigenvalue weighted by molar-refractivity contribution is 6.10. The van der Waals surface area contributed by atoms with E-state index in [0.717, 1.165) is 40.5 Å². The Hall–Kier alpha value is -3.55. The molecule has 3 aromatic carbocycles. The first kappa shape index (κ1) is 25.5. The first-order valence-electron chi connectivity index (χ1n) is 12.4. The van der Waals surface area contributed by atoms with Crippen molar-refractivity contribution >= 4 is 27.8 Å². The van der Waals surface area contributed by atoms with E-state index in [1.165, 1.54) is 5.56 Å². The van der Waals surface area contributed by atoms with Gasteiger partial charge in [0.15, 0.2) is 6.61 Å². The molecule has 7 heteroatoms. The Kier molecular flexibility index (Phi) is 8.81. The summed E-state index contributed by atoms with van der Waals surface area (Å²) in [6.45, 7) is 5.64. The molecule has 36 heavy (non-hydrogen) atoms. The van der Waals surface area contributed by atoms with Crippen LogP contribution in [0.15, 0.2) is 66.7 Å². The van der Waals surface area contributed by atoms with Gasteiger partial charge in [0.05, 0.1) is 12.1 Å². The smallest absolute Gasteiger partial charge is 0.344 e. The molecule has 0 amide bonds. The second-order valence-corrected chi connectivity index (χ2v) is 9.02. The zero-order chi connectivity index (χ0) is 25.3. The molecule has 0 aliphatic carbocycles. The first-order valence-corrected chi connectivity index (χ1v) is 12.4. The van der Waals surface area contributed by atoms with Crippen LogP contribution < -0.4 is 14.8 Å². The van der Waals surface area contributed by atoms with E-state index in [-0.39, 0.29) is 19.2 Å². The molecule has 1 aromatic heterocycles. The van der Waals surface area contributed by atoms with Gasteiger partial charge in [-0.1, -0.05) is 43.3 Å². The van der Waals surface area contributed by atoms with E-state index in [1.54, 1.807) is 6.92 Å². The SMILES string of the molecule is CCOC(=O)COc1ccc(CC(C)CNCC(O)COc2cccc3[nH]c4ccccc4c23)cc1. The van der Waals surface area contributed by atoms with Crippen molar-refractivity contribution in [3.05, 3.63) is 72.3 Å². The third-order valence-electron chi connectivity index (χ3n) is 5.97. The Morgan fingerprint density at radius 1 is 0.972 bits per heavy atom. The summed E-state index contributed by atoms with van der Waals surface area (Å²) < 4.78 is 16.3. The number of rotatable bonds is 13. The van der Waals surface area contributed by atoms with Crippen molar-refractivity contribution in [3.63, 3.8) is 0 Å². The van der Waals surface area contributed by atoms with E-state index >= 15 is 0 Å². The molecule has 0 saturated carbocycles. The van der Waals surface area contributed by atoms with Gasteiger partial charge in [0.2, 0.25) is 0 Å². The largest absolute Gasteiger partial charge is 0.490 e. The number of nitrogens with one attached hydrogen (secondary N) is 2. The number of aromatic nitrogens is 1. The maximum absolute atomic E-state index is 11.4. The predicted molar refractivity (Wildman–Crippen MR) is 142 cm³/mol. The van der Waals surface area contributed by atoms with Crippen molar-refractivity contribution in [2.75, 3.05) is 32.9 Å². The lowest BCUT2D eigenvalue weighted by atomic mass is 10.0. The fourth-order valence-corrected chi connectivity index (χ4v) is 4.27. The van der Waals surface area contributed by atoms with Crippen molar-refractivity contribution in [1.82, 2.24) is 10.3 Å². The van der Waals surface area contributed by atoms with E-state index in [4.69, 9.17) is 14.2 Å². The van der Waals surface area contributed by atoms with Crippen LogP contribution in [-0.2, 0) is 16.0 Å². The van der Waals surface area contributed by atoms with E-state index in [1.807, 2.05) is 60.7 Å². The summed E-state index contributed by atoms with van der Waals surface area (Å²) in [5, 5.41) is 16.0. The van der Waals surface area contributed by atoms with Gasteiger partial charge in [0, 0.05) is 22.8 Å². The van der Waals surface area contributed by atoms with Gasteiger partial charge in [-0.3, -0.25) is 0 Å². The lowest BCUT2D eigenvalue weighted by molar-refractivity contribution is -0.145. The average Bonchev–Trinajstić information content (AvgIpc) is 3.26. The molecule has 0 radical (unpaired) electrons. The molecule has 0 aliphatic rings. The van der Waals surface area contributed by atoms with Gasteiger partial charge in [-0.05, 0) is 61.7 Å². The van der Waals surface area contributed by atoms with E-state index in [2.05, 4.69) is 23.3 Å². The van der Waals surface area contributed by atoms with Crippen molar-refractivity contribution < 1.29 is 24.1 Å². The molecule has 0 saturated heterocycles. The van der Waals surface area contributed by atoms with Crippen LogP contribution in [0.25, 0.3) is 21.8 Å². The van der Waals surface area contributed by atoms with E-state index < -0.39 is 6.10 Å². The zero-order valence-electron chi connectivity index (χ0n) is 20.8. The molecule has 0 fully saturated rings. The fraction of sp³-hybridized carbons (Fsp3) is 0.345. The lowest BCUT2D eigenvalue weighted by Gasteiger charge is -2.17. The highest BCUT2D eigenvalue weighted by Crippen LogP contribution is 2.32. The average molecular weight is 491 g/mol. The summed E-state index contributed by atoms with van der Waals surface area (Å²) in [5.41, 5.74) is 3.27. The number of para-hydroxylation sites is 1. The second-order valence-electron chi connectivity index (χ2n) is 9.02. The number of aliphatic hydroxyl groups is 1. The monoisotopic (exact) mass is 490 g/mol. The third kappa shape index (κ3) is 6.77. The van der Waals surface area contributed by atoms with Crippen molar-refractivity contribution in [2.45, 2.75) is 26.4 Å². The van der Waals surface area contributed by atoms with Gasteiger partial charge < -0.3 is 29.6 Å². The minimum Gasteiger partial charge on any atom is -0.490 e. The molecule has 190 valence electrons. The number of fused-ring (bicyclic) bond motifs is 3. The third-order valence-corrected chi connectivity index (χ3v) is 5.97. The summed E-state index contributed by atoms with van der Waals surface area (Å²) >= 11 is 0. The number of benzene rings is 3. The highest BCUT2D eigenvalue weighted by Gasteiger charge is 2.12. The van der Waals surface area contributed by atoms with Crippen LogP contribution in [-0.4, -0.2) is 55.1 Å². The van der Waals surface area contributed by atoms with Gasteiger partial charge in [0.25, 0.3) is 0 Å². The first-order chi connectivity index (χ1) is 17.5. The predicted octanol–water partition coefficient (Wildman–Crippen LogP) is 4.47. The Morgan fingerprint density at radius 3 is 2.56 bits per heavy atom. The number of hydrogen-bond acceptors (Lipinski definition) is 6. The van der Waals surface area contributed by atoms with Gasteiger partial charge in [-0.15, -0.1) is 0 Å². The molecule has 4 rings (SSSR count). The topological polar surface area (TPSA) is 92.8 Å². The molecule has 2 atom stereocenters. The Bertz CT molecular complexity index is 1270. The molecule has 7 nitrogen and oxygen atoms in total. The van der Waals surface area contributed by atoms with Crippen LogP contribution in [0.3, 0.4) is 0 Å². The number of carbonyl (C=O) groups is 1. The molecule has 2 unspecified atom stereocenters. The number of ether oxygens (including phenoxy) is 3. The minimum absolute atomic E-state index is 0.0868. The molecule has 0 aliphatic heterocycles. The van der Waals surface area contributed by atoms with E-state index in [9.17, 15) is 9.90 Å². The highest BCUT2D eigenvalue weighted by atomic mass is 16.6. The van der Waals surface area contributed by atoms with Crippen molar-refractivity contribution in [3.8, 4) is 11.5 Å². The van der Waals surface area contributed by atoms with Crippen LogP contribution in [0.2, 0.25) is 0 Å². The number of esters is 1. The normalized spacial score (nSPS) is 13.0. The van der Waals surface area contributed by atoms with Crippen LogP contribution in [0.1, 0.15) is 19.4 Å². The Balaban J connectivity index is 1.19. The minimum atomic E-state index is -0.617. The molecule has 4 aromatic rings. The van der Waals surface area contributed by atoms with Crippen molar-refractivity contribution in [2.24, 2.45) is 5.92 Å². The van der Waals surface area contributed by atoms with Crippen LogP contribution in [0, 0.1) is 5.92 Å². The van der Waals surface area contributed by atoms with Gasteiger partial charge >= 0.3 is 5.97 Å². The second kappa shape index (κ2) is 12.4. The summed E-state index contributed by atoms with van der Waals surface area (Å²) in [7, 11) is 0. The Morgan fingerprint density at radius 2 is 1.75 bits per heavy atom. The molecule has 3 N–H and O–H groups in total. The summed E-state index contributed by atoms with van der Waals surface area (Å²) in [6.07, 6.45) is 0.272. The maximum atomic E-state index is 11.4. The number of hydrogen-bond donors (Lipinski definition) is 3. The van der Waals surface area contributed by atoms with Crippen LogP contribution >= 0.6 is 0 Å². The van der Waals surface area contributed by atoms with Crippen molar-refractivity contribution in [1.29, 1.82) is 0 Å². The van der Waals surface area contributed by atoms with Gasteiger partial charge in [0.1, 0.15) is 24.2 Å². The standard InChI is InChI=1S/C29H34N2O5/c1-3-34-28(33)19-35-23-13-11-21(12-14-23)15-20(2)16-30-17-22(32)18-36-27-10-6-9-26-29(27)24-7-4-5-8-25(24)31-26/h4-14,20,22,30-32H,3,15-19H2,1-2H3. The maximum Gasteiger partial charge on any atom is 0.344 e. The number of H-pyrrole nitrogens is 1. The van der Waals surface area contributed by atoms with E-state index in [0.29, 0.717) is 24.8 Å². The summed E-state index contributed by atoms with van der Waals surface area (Å²) in [5.74, 6) is 1.42. The Labute approximate surface area is 211 Å². The molecular weight excluding hydrogens is 456 g/mol. The molecular formula is C29H34N2O5. The fourth-order valence-electron chi connectivity index (χ4n) is 4.27. The quantitative estimate of drug-likeness (QED) is 0.240. The molecule has 0 spiro atoms. The number of aliphatic hydroxyl groups excluding tert-OH is 1. The summed E-state index contributed by atoms with van der Waals surface area (Å²) in [6, 6.07) is 21.8. The van der Waals surface area contributed by atoms with Crippen LogP contribution in [0.4, 0.5) is 0 Å².